The van der Waals surface area contributed by atoms with Crippen LogP contribution in [0.25, 0.3) is 0 Å². The summed E-state index contributed by atoms with van der Waals surface area (Å²) < 4.78 is 5.26. The first-order chi connectivity index (χ1) is 8.09. The summed E-state index contributed by atoms with van der Waals surface area (Å²) in [4.78, 5) is 0. The molecule has 2 rings (SSSR count). The molecule has 0 saturated heterocycles. The molecule has 0 saturated carbocycles. The van der Waals surface area contributed by atoms with E-state index in [0.29, 0.717) is 0 Å². The topological polar surface area (TPSA) is 69.9 Å². The molecule has 0 spiro atoms. The molecule has 0 unspecified atom stereocenters. The molecule has 5 heteroatoms. The Kier molecular flexibility index (Phi) is 2.97. The number of phenolic OH excluding ortho intramolecular Hbond substituents is 3. The first kappa shape index (κ1) is 11.4. The molecule has 0 aliphatic carbocycles. The van der Waals surface area contributed by atoms with Gasteiger partial charge in [-0.3, -0.25) is 0 Å². The van der Waals surface area contributed by atoms with Crippen molar-refractivity contribution in [2.75, 3.05) is 0 Å². The van der Waals surface area contributed by atoms with Crippen LogP contribution in [0.3, 0.4) is 0 Å². The molecule has 0 bridgehead atoms. The molecule has 0 aliphatic rings. The Bertz CT molecular complexity index is 534. The molecule has 0 heterocycles. The van der Waals surface area contributed by atoms with Crippen LogP contribution in [0.15, 0.2) is 36.4 Å². The number of para-hydroxylation sites is 2. The SMILES string of the molecule is Oc1cccc(Oc2c(O)cccc2Cl)c1O. The number of aromatic hydroxyl groups is 3. The number of hydrogen-bond acceptors (Lipinski definition) is 4. The van der Waals surface area contributed by atoms with Gasteiger partial charge >= 0.3 is 0 Å². The van der Waals surface area contributed by atoms with E-state index >= 15 is 0 Å². The Hall–Kier alpha value is -2.07. The minimum atomic E-state index is -0.410. The van der Waals surface area contributed by atoms with Crippen molar-refractivity contribution in [3.05, 3.63) is 41.4 Å². The summed E-state index contributed by atoms with van der Waals surface area (Å²) in [5.74, 6) is -0.843. The Labute approximate surface area is 102 Å². The van der Waals surface area contributed by atoms with Gasteiger partial charge < -0.3 is 20.1 Å². The van der Waals surface area contributed by atoms with Crippen LogP contribution < -0.4 is 4.74 Å². The lowest BCUT2D eigenvalue weighted by Gasteiger charge is -2.10. The summed E-state index contributed by atoms with van der Waals surface area (Å²) in [5, 5.41) is 28.6. The van der Waals surface area contributed by atoms with E-state index in [4.69, 9.17) is 16.3 Å². The van der Waals surface area contributed by atoms with E-state index in [0.717, 1.165) is 0 Å². The van der Waals surface area contributed by atoms with Crippen LogP contribution in [0.2, 0.25) is 5.02 Å². The fraction of sp³-hybridized carbons (Fsp3) is 0. The van der Waals surface area contributed by atoms with Crippen LogP contribution in [0, 0.1) is 0 Å². The van der Waals surface area contributed by atoms with Gasteiger partial charge in [0.1, 0.15) is 0 Å². The van der Waals surface area contributed by atoms with Crippen molar-refractivity contribution in [3.63, 3.8) is 0 Å². The molecule has 88 valence electrons. The molecule has 2 aromatic rings. The zero-order valence-electron chi connectivity index (χ0n) is 8.59. The van der Waals surface area contributed by atoms with Crippen LogP contribution in [-0.4, -0.2) is 15.3 Å². The monoisotopic (exact) mass is 252 g/mol. The third-order valence-electron chi connectivity index (χ3n) is 2.14. The lowest BCUT2D eigenvalue weighted by Crippen LogP contribution is -1.86. The highest BCUT2D eigenvalue weighted by atomic mass is 35.5. The van der Waals surface area contributed by atoms with Gasteiger partial charge in [-0.25, -0.2) is 0 Å². The van der Waals surface area contributed by atoms with Crippen LogP contribution >= 0.6 is 11.6 Å². The molecule has 0 aliphatic heterocycles. The second-order valence-corrected chi connectivity index (χ2v) is 3.72. The van der Waals surface area contributed by atoms with E-state index in [9.17, 15) is 15.3 Å². The molecule has 0 fully saturated rings. The van der Waals surface area contributed by atoms with E-state index in [1.165, 1.54) is 30.3 Å². The second-order valence-electron chi connectivity index (χ2n) is 3.31. The summed E-state index contributed by atoms with van der Waals surface area (Å²) in [6.45, 7) is 0. The van der Waals surface area contributed by atoms with Gasteiger partial charge in [0.05, 0.1) is 5.02 Å². The standard InChI is InChI=1S/C12H9ClO4/c13-7-3-1-5-9(15)12(7)17-10-6-2-4-8(14)11(10)16/h1-6,14-16H. The Morgan fingerprint density at radius 1 is 0.882 bits per heavy atom. The third kappa shape index (κ3) is 2.21. The summed E-state index contributed by atoms with van der Waals surface area (Å²) in [5.41, 5.74) is 0. The van der Waals surface area contributed by atoms with Gasteiger partial charge in [0, 0.05) is 0 Å². The van der Waals surface area contributed by atoms with Gasteiger partial charge in [0.15, 0.2) is 23.0 Å². The van der Waals surface area contributed by atoms with Gasteiger partial charge in [0.25, 0.3) is 0 Å². The molecule has 17 heavy (non-hydrogen) atoms. The van der Waals surface area contributed by atoms with Gasteiger partial charge in [-0.2, -0.15) is 0 Å². The molecule has 4 nitrogen and oxygen atoms in total. The predicted octanol–water partition coefficient (Wildman–Crippen LogP) is 3.25. The van der Waals surface area contributed by atoms with Crippen molar-refractivity contribution in [3.8, 4) is 28.7 Å². The van der Waals surface area contributed by atoms with Crippen LogP contribution in [0.4, 0.5) is 0 Å². The lowest BCUT2D eigenvalue weighted by atomic mass is 10.3. The number of rotatable bonds is 2. The highest BCUT2D eigenvalue weighted by Gasteiger charge is 2.13. The number of hydrogen-bond donors (Lipinski definition) is 3. The van der Waals surface area contributed by atoms with Crippen molar-refractivity contribution in [1.29, 1.82) is 0 Å². The Morgan fingerprint density at radius 3 is 2.24 bits per heavy atom. The highest BCUT2D eigenvalue weighted by Crippen LogP contribution is 2.42. The van der Waals surface area contributed by atoms with Crippen molar-refractivity contribution in [2.24, 2.45) is 0 Å². The number of ether oxygens (including phenoxy) is 1. The first-order valence-corrected chi connectivity index (χ1v) is 5.13. The van der Waals surface area contributed by atoms with Gasteiger partial charge in [-0.05, 0) is 24.3 Å². The number of halogens is 1. The zero-order chi connectivity index (χ0) is 12.4. The van der Waals surface area contributed by atoms with E-state index < -0.39 is 5.75 Å². The number of phenols is 3. The van der Waals surface area contributed by atoms with Gasteiger partial charge in [0.2, 0.25) is 5.75 Å². The third-order valence-corrected chi connectivity index (χ3v) is 2.43. The molecule has 0 amide bonds. The lowest BCUT2D eigenvalue weighted by molar-refractivity contribution is 0.362. The van der Waals surface area contributed by atoms with Crippen LogP contribution in [0.1, 0.15) is 0 Å². The molecular formula is C12H9ClO4. The van der Waals surface area contributed by atoms with Crippen molar-refractivity contribution in [1.82, 2.24) is 0 Å². The van der Waals surface area contributed by atoms with Gasteiger partial charge in [-0.15, -0.1) is 0 Å². The Morgan fingerprint density at radius 2 is 1.53 bits per heavy atom. The molecule has 3 N–H and O–H groups in total. The molecular weight excluding hydrogens is 244 g/mol. The summed E-state index contributed by atoms with van der Waals surface area (Å²) in [6.07, 6.45) is 0. The average molecular weight is 253 g/mol. The fourth-order valence-electron chi connectivity index (χ4n) is 1.30. The largest absolute Gasteiger partial charge is 0.504 e. The van der Waals surface area contributed by atoms with E-state index in [2.05, 4.69) is 0 Å². The molecule has 0 atom stereocenters. The number of benzene rings is 2. The first-order valence-electron chi connectivity index (χ1n) is 4.76. The summed E-state index contributed by atoms with van der Waals surface area (Å²) in [7, 11) is 0. The average Bonchev–Trinajstić information content (AvgIpc) is 2.29. The van der Waals surface area contributed by atoms with Crippen molar-refractivity contribution in [2.45, 2.75) is 0 Å². The quantitative estimate of drug-likeness (QED) is 0.718. The molecule has 2 aromatic carbocycles. The maximum atomic E-state index is 9.56. The van der Waals surface area contributed by atoms with Crippen molar-refractivity contribution >= 4 is 11.6 Å². The highest BCUT2D eigenvalue weighted by molar-refractivity contribution is 6.32. The van der Waals surface area contributed by atoms with E-state index in [-0.39, 0.29) is 28.0 Å². The summed E-state index contributed by atoms with van der Waals surface area (Å²) in [6, 6.07) is 8.76. The molecule has 0 radical (unpaired) electrons. The predicted molar refractivity (Wildman–Crippen MR) is 63.0 cm³/mol. The van der Waals surface area contributed by atoms with E-state index in [1.807, 2.05) is 0 Å². The minimum absolute atomic E-state index is 0.00778. The Balaban J connectivity index is 2.42. The normalized spacial score (nSPS) is 10.2. The second kappa shape index (κ2) is 4.43. The maximum absolute atomic E-state index is 9.56. The van der Waals surface area contributed by atoms with Crippen molar-refractivity contribution < 1.29 is 20.1 Å². The zero-order valence-corrected chi connectivity index (χ0v) is 9.35. The maximum Gasteiger partial charge on any atom is 0.201 e. The van der Waals surface area contributed by atoms with Gasteiger partial charge in [-0.1, -0.05) is 23.7 Å². The van der Waals surface area contributed by atoms with Crippen LogP contribution in [0.5, 0.6) is 28.7 Å². The molecule has 0 aromatic heterocycles. The minimum Gasteiger partial charge on any atom is -0.504 e. The van der Waals surface area contributed by atoms with E-state index in [1.54, 1.807) is 6.07 Å². The fourth-order valence-corrected chi connectivity index (χ4v) is 1.51. The summed E-state index contributed by atoms with van der Waals surface area (Å²) >= 11 is 5.84. The van der Waals surface area contributed by atoms with Crippen LogP contribution in [-0.2, 0) is 0 Å². The smallest absolute Gasteiger partial charge is 0.201 e.